The lowest BCUT2D eigenvalue weighted by Crippen LogP contribution is -2.37. The molecule has 2 N–H and O–H groups in total. The number of benzene rings is 1. The third kappa shape index (κ3) is 3.84. The number of aliphatic imine (C=N–C) groups is 1. The zero-order valence-corrected chi connectivity index (χ0v) is 17.6. The summed E-state index contributed by atoms with van der Waals surface area (Å²) in [5, 5.41) is 8.55. The average molecular weight is 453 g/mol. The Kier molecular flexibility index (Phi) is 6.12. The average Bonchev–Trinajstić information content (AvgIpc) is 3.45. The molecule has 1 saturated heterocycles. The van der Waals surface area contributed by atoms with Crippen molar-refractivity contribution in [3.63, 3.8) is 0 Å². The van der Waals surface area contributed by atoms with Crippen LogP contribution in [0.3, 0.4) is 0 Å². The molecule has 3 heterocycles. The molecule has 0 spiro atoms. The Labute approximate surface area is 181 Å². The number of thiazole rings is 1. The van der Waals surface area contributed by atoms with Gasteiger partial charge in [-0.1, -0.05) is 17.7 Å². The van der Waals surface area contributed by atoms with Gasteiger partial charge < -0.3 is 15.4 Å². The van der Waals surface area contributed by atoms with E-state index >= 15 is 0 Å². The number of aromatic nitrogens is 1. The van der Waals surface area contributed by atoms with Crippen molar-refractivity contribution in [2.75, 3.05) is 19.7 Å². The summed E-state index contributed by atoms with van der Waals surface area (Å²) in [6, 6.07) is 1.38. The molecule has 1 aromatic carbocycles. The molecule has 2 aliphatic rings. The summed E-state index contributed by atoms with van der Waals surface area (Å²) in [5.74, 6) is -2.36. The van der Waals surface area contributed by atoms with Crippen LogP contribution in [0.2, 0.25) is 5.02 Å². The van der Waals surface area contributed by atoms with Crippen LogP contribution in [0, 0.1) is 17.6 Å². The first-order chi connectivity index (χ1) is 14.5. The van der Waals surface area contributed by atoms with Gasteiger partial charge in [0.1, 0.15) is 6.04 Å². The van der Waals surface area contributed by atoms with Crippen molar-refractivity contribution in [3.8, 4) is 0 Å². The Morgan fingerprint density at radius 1 is 1.40 bits per heavy atom. The van der Waals surface area contributed by atoms with Gasteiger partial charge >= 0.3 is 5.97 Å². The van der Waals surface area contributed by atoms with Gasteiger partial charge in [0.05, 0.1) is 17.2 Å². The second kappa shape index (κ2) is 8.79. The zero-order chi connectivity index (χ0) is 21.3. The molecule has 2 aromatic rings. The summed E-state index contributed by atoms with van der Waals surface area (Å²) in [5.41, 5.74) is 1.08. The maximum atomic E-state index is 14.3. The highest BCUT2D eigenvalue weighted by Crippen LogP contribution is 2.40. The molecule has 0 aliphatic carbocycles. The number of carbonyl (C=O) groups excluding carboxylic acids is 1. The van der Waals surface area contributed by atoms with Crippen LogP contribution < -0.4 is 10.6 Å². The predicted octanol–water partition coefficient (Wildman–Crippen LogP) is 3.59. The van der Waals surface area contributed by atoms with Crippen LogP contribution in [0.5, 0.6) is 0 Å². The summed E-state index contributed by atoms with van der Waals surface area (Å²) in [7, 11) is 0. The van der Waals surface area contributed by atoms with Crippen LogP contribution in [-0.4, -0.2) is 36.5 Å². The molecule has 4 rings (SSSR count). The Bertz CT molecular complexity index is 1020. The number of nitrogens with one attached hydrogen (secondary N) is 2. The third-order valence-corrected chi connectivity index (χ3v) is 6.20. The lowest BCUT2D eigenvalue weighted by molar-refractivity contribution is -0.139. The van der Waals surface area contributed by atoms with Gasteiger partial charge in [-0.05, 0) is 26.0 Å². The number of ether oxygens (including phenoxy) is 1. The second-order valence-electron chi connectivity index (χ2n) is 6.84. The van der Waals surface area contributed by atoms with E-state index in [0.717, 1.165) is 19.0 Å². The summed E-state index contributed by atoms with van der Waals surface area (Å²) in [6.07, 6.45) is 2.44. The Morgan fingerprint density at radius 2 is 2.23 bits per heavy atom. The molecule has 10 heteroatoms. The van der Waals surface area contributed by atoms with Gasteiger partial charge in [0, 0.05) is 35.3 Å². The van der Waals surface area contributed by atoms with Crippen LogP contribution in [0.15, 0.2) is 40.0 Å². The SMILES string of the molecule is CCOC(=O)C1=C(C2CCNC2)NC(c2nccs2)=NC1c1ccc(F)c(F)c1Cl. The van der Waals surface area contributed by atoms with Gasteiger partial charge in [-0.25, -0.2) is 18.6 Å². The van der Waals surface area contributed by atoms with E-state index in [0.29, 0.717) is 23.1 Å². The Balaban J connectivity index is 1.91. The summed E-state index contributed by atoms with van der Waals surface area (Å²) < 4.78 is 33.3. The topological polar surface area (TPSA) is 75.6 Å². The van der Waals surface area contributed by atoms with Crippen molar-refractivity contribution in [2.45, 2.75) is 19.4 Å². The highest BCUT2D eigenvalue weighted by atomic mass is 35.5. The normalized spacial score (nSPS) is 21.4. The lowest BCUT2D eigenvalue weighted by Gasteiger charge is -2.30. The highest BCUT2D eigenvalue weighted by molar-refractivity contribution is 7.11. The molecular weight excluding hydrogens is 434 g/mol. The Hall–Kier alpha value is -2.36. The van der Waals surface area contributed by atoms with E-state index < -0.39 is 28.7 Å². The molecule has 0 saturated carbocycles. The van der Waals surface area contributed by atoms with Crippen molar-refractivity contribution in [2.24, 2.45) is 10.9 Å². The molecule has 0 bridgehead atoms. The van der Waals surface area contributed by atoms with Crippen LogP contribution in [0.4, 0.5) is 8.78 Å². The smallest absolute Gasteiger partial charge is 0.338 e. The van der Waals surface area contributed by atoms with Crippen molar-refractivity contribution < 1.29 is 18.3 Å². The van der Waals surface area contributed by atoms with E-state index in [2.05, 4.69) is 20.6 Å². The molecule has 0 amide bonds. The molecule has 30 heavy (non-hydrogen) atoms. The van der Waals surface area contributed by atoms with E-state index in [9.17, 15) is 13.6 Å². The largest absolute Gasteiger partial charge is 0.463 e. The van der Waals surface area contributed by atoms with Gasteiger partial charge in [0.2, 0.25) is 0 Å². The first-order valence-corrected chi connectivity index (χ1v) is 10.8. The number of hydrogen-bond acceptors (Lipinski definition) is 7. The van der Waals surface area contributed by atoms with Crippen LogP contribution in [0.25, 0.3) is 0 Å². The van der Waals surface area contributed by atoms with Crippen molar-refractivity contribution in [1.29, 1.82) is 0 Å². The number of carbonyl (C=O) groups is 1. The standard InChI is InChI=1S/C20H19ClF2N4O2S/c1-2-29-20(28)13-16(10-5-6-24-9-10)26-18(19-25-7-8-30-19)27-17(13)11-3-4-12(22)15(23)14(11)21/h3-4,7-8,10,17,24H,2,5-6,9H2,1H3,(H,26,27). The fourth-order valence-electron chi connectivity index (χ4n) is 3.65. The fourth-order valence-corrected chi connectivity index (χ4v) is 4.49. The zero-order valence-electron chi connectivity index (χ0n) is 16.0. The number of halogens is 3. The van der Waals surface area contributed by atoms with E-state index in [-0.39, 0.29) is 23.7 Å². The fraction of sp³-hybridized carbons (Fsp3) is 0.350. The van der Waals surface area contributed by atoms with Crippen molar-refractivity contribution in [1.82, 2.24) is 15.6 Å². The number of hydrogen-bond donors (Lipinski definition) is 2. The summed E-state index contributed by atoms with van der Waals surface area (Å²) in [6.45, 7) is 3.33. The maximum Gasteiger partial charge on any atom is 0.338 e. The molecule has 2 atom stereocenters. The second-order valence-corrected chi connectivity index (χ2v) is 8.12. The summed E-state index contributed by atoms with van der Waals surface area (Å²) in [4.78, 5) is 21.9. The first kappa shape index (κ1) is 20.9. The van der Waals surface area contributed by atoms with Gasteiger partial charge in [0.15, 0.2) is 22.5 Å². The minimum Gasteiger partial charge on any atom is -0.463 e. The number of nitrogens with zero attached hydrogens (tertiary/aromatic N) is 2. The number of rotatable bonds is 5. The van der Waals surface area contributed by atoms with Gasteiger partial charge in [-0.15, -0.1) is 11.3 Å². The lowest BCUT2D eigenvalue weighted by atomic mass is 9.90. The van der Waals surface area contributed by atoms with Crippen LogP contribution >= 0.6 is 22.9 Å². The maximum absolute atomic E-state index is 14.3. The molecule has 2 aliphatic heterocycles. The first-order valence-electron chi connectivity index (χ1n) is 9.51. The molecule has 2 unspecified atom stereocenters. The Morgan fingerprint density at radius 3 is 2.90 bits per heavy atom. The quantitative estimate of drug-likeness (QED) is 0.535. The van der Waals surface area contributed by atoms with Gasteiger partial charge in [-0.2, -0.15) is 0 Å². The highest BCUT2D eigenvalue weighted by Gasteiger charge is 2.38. The van der Waals surface area contributed by atoms with E-state index in [1.165, 1.54) is 17.4 Å². The summed E-state index contributed by atoms with van der Waals surface area (Å²) >= 11 is 7.53. The predicted molar refractivity (Wildman–Crippen MR) is 111 cm³/mol. The molecular formula is C20H19ClF2N4O2S. The number of amidine groups is 1. The van der Waals surface area contributed by atoms with Crippen LogP contribution in [-0.2, 0) is 9.53 Å². The van der Waals surface area contributed by atoms with E-state index in [1.807, 2.05) is 0 Å². The van der Waals surface area contributed by atoms with Crippen LogP contribution in [0.1, 0.15) is 30.0 Å². The van der Waals surface area contributed by atoms with E-state index in [1.54, 1.807) is 18.5 Å². The van der Waals surface area contributed by atoms with E-state index in [4.69, 9.17) is 16.3 Å². The molecule has 6 nitrogen and oxygen atoms in total. The minimum atomic E-state index is -1.18. The number of esters is 1. The molecule has 0 radical (unpaired) electrons. The molecule has 1 aromatic heterocycles. The van der Waals surface area contributed by atoms with Gasteiger partial charge in [-0.3, -0.25) is 4.99 Å². The molecule has 1 fully saturated rings. The molecule has 158 valence electrons. The minimum absolute atomic E-state index is 0.00133. The van der Waals surface area contributed by atoms with Gasteiger partial charge in [0.25, 0.3) is 0 Å². The van der Waals surface area contributed by atoms with Crippen molar-refractivity contribution >= 4 is 34.7 Å². The monoisotopic (exact) mass is 452 g/mol. The third-order valence-electron chi connectivity index (χ3n) is 5.03. The van der Waals surface area contributed by atoms with Crippen molar-refractivity contribution in [3.05, 3.63) is 62.2 Å².